The number of hydrogen-bond donors (Lipinski definition) is 0. The van der Waals surface area contributed by atoms with Crippen LogP contribution >= 0.6 is 11.3 Å². The van der Waals surface area contributed by atoms with Gasteiger partial charge in [0.1, 0.15) is 0 Å². The molecule has 0 aliphatic heterocycles. The van der Waals surface area contributed by atoms with Crippen molar-refractivity contribution >= 4 is 33.1 Å². The van der Waals surface area contributed by atoms with Gasteiger partial charge in [0.05, 0.1) is 21.7 Å². The molecule has 2 aromatic rings. The van der Waals surface area contributed by atoms with Gasteiger partial charge in [-0.2, -0.15) is 4.99 Å². The molecule has 7 nitrogen and oxygen atoms in total. The maximum absolute atomic E-state index is 12.3. The van der Waals surface area contributed by atoms with Crippen LogP contribution in [0.15, 0.2) is 23.2 Å². The van der Waals surface area contributed by atoms with Gasteiger partial charge in [-0.3, -0.25) is 14.9 Å². The zero-order valence-electron chi connectivity index (χ0n) is 14.2. The lowest BCUT2D eigenvalue weighted by atomic mass is 9.96. The molecule has 0 unspecified atom stereocenters. The molecule has 0 bridgehead atoms. The first kappa shape index (κ1) is 18.3. The van der Waals surface area contributed by atoms with Gasteiger partial charge in [-0.05, 0) is 13.0 Å². The number of benzene rings is 1. The Labute approximate surface area is 143 Å². The molecule has 1 amide bonds. The van der Waals surface area contributed by atoms with Gasteiger partial charge in [-0.1, -0.05) is 32.1 Å². The molecule has 0 aliphatic rings. The predicted octanol–water partition coefficient (Wildman–Crippen LogP) is 3.12. The van der Waals surface area contributed by atoms with E-state index in [9.17, 15) is 14.9 Å². The summed E-state index contributed by atoms with van der Waals surface area (Å²) in [5.41, 5.74) is 0.119. The quantitative estimate of drug-likeness (QED) is 0.470. The number of carbonyl (C=O) groups excluding carboxylic acids is 1. The highest BCUT2D eigenvalue weighted by atomic mass is 32.1. The van der Waals surface area contributed by atoms with E-state index in [0.29, 0.717) is 30.1 Å². The van der Waals surface area contributed by atoms with Crippen molar-refractivity contribution in [3.8, 4) is 0 Å². The van der Waals surface area contributed by atoms with Crippen molar-refractivity contribution in [2.24, 2.45) is 10.4 Å². The molecular weight excluding hydrogens is 330 g/mol. The Balaban J connectivity index is 2.60. The summed E-state index contributed by atoms with van der Waals surface area (Å²) in [4.78, 5) is 27.6. The standard InChI is InChI=1S/C16H21N3O4S/c1-5-23-9-8-18-12-10-11(19(21)22)6-7-13(12)24-15(18)17-14(20)16(2,3)4/h6-7,10H,5,8-9H2,1-4H3. The fourth-order valence-electron chi connectivity index (χ4n) is 2.03. The summed E-state index contributed by atoms with van der Waals surface area (Å²) < 4.78 is 8.04. The lowest BCUT2D eigenvalue weighted by Crippen LogP contribution is -2.24. The summed E-state index contributed by atoms with van der Waals surface area (Å²) in [5.74, 6) is -0.228. The van der Waals surface area contributed by atoms with Crippen LogP contribution in [0.3, 0.4) is 0 Å². The van der Waals surface area contributed by atoms with Gasteiger partial charge in [-0.15, -0.1) is 0 Å². The SMILES string of the molecule is CCOCCn1c(=NC(=O)C(C)(C)C)sc2ccc([N+](=O)[O-])cc21. The number of hydrogen-bond acceptors (Lipinski definition) is 5. The van der Waals surface area contributed by atoms with Crippen LogP contribution in [-0.2, 0) is 16.1 Å². The number of ether oxygens (including phenoxy) is 1. The van der Waals surface area contributed by atoms with Crippen LogP contribution in [-0.4, -0.2) is 28.6 Å². The van der Waals surface area contributed by atoms with Gasteiger partial charge in [0, 0.05) is 30.7 Å². The van der Waals surface area contributed by atoms with Gasteiger partial charge >= 0.3 is 0 Å². The average molecular weight is 351 g/mol. The van der Waals surface area contributed by atoms with Crippen molar-refractivity contribution < 1.29 is 14.5 Å². The van der Waals surface area contributed by atoms with Crippen LogP contribution < -0.4 is 4.80 Å². The molecule has 0 radical (unpaired) electrons. The molecule has 8 heteroatoms. The highest BCUT2D eigenvalue weighted by Crippen LogP contribution is 2.23. The molecule has 0 spiro atoms. The molecule has 0 atom stereocenters. The second-order valence-electron chi connectivity index (χ2n) is 6.31. The number of rotatable bonds is 5. The molecule has 1 aromatic heterocycles. The first-order valence-electron chi connectivity index (χ1n) is 7.68. The van der Waals surface area contributed by atoms with Crippen LogP contribution in [0.5, 0.6) is 0 Å². The van der Waals surface area contributed by atoms with Crippen LogP contribution in [0.4, 0.5) is 5.69 Å². The summed E-state index contributed by atoms with van der Waals surface area (Å²) in [6, 6.07) is 4.66. The fourth-order valence-corrected chi connectivity index (χ4v) is 3.06. The molecule has 1 heterocycles. The molecule has 0 N–H and O–H groups in total. The van der Waals surface area contributed by atoms with Crippen molar-refractivity contribution in [1.82, 2.24) is 4.57 Å². The lowest BCUT2D eigenvalue weighted by molar-refractivity contribution is -0.384. The fraction of sp³-hybridized carbons (Fsp3) is 0.500. The van der Waals surface area contributed by atoms with Crippen molar-refractivity contribution in [2.45, 2.75) is 34.2 Å². The number of nitro benzene ring substituents is 1. The molecular formula is C16H21N3O4S. The van der Waals surface area contributed by atoms with E-state index in [1.165, 1.54) is 23.5 Å². The zero-order chi connectivity index (χ0) is 17.9. The maximum Gasteiger partial charge on any atom is 0.271 e. The molecule has 130 valence electrons. The van der Waals surface area contributed by atoms with Gasteiger partial charge in [0.2, 0.25) is 0 Å². The van der Waals surface area contributed by atoms with Crippen molar-refractivity contribution in [2.75, 3.05) is 13.2 Å². The van der Waals surface area contributed by atoms with E-state index in [0.717, 1.165) is 4.70 Å². The Morgan fingerprint density at radius 2 is 2.12 bits per heavy atom. The topological polar surface area (TPSA) is 86.7 Å². The predicted molar refractivity (Wildman–Crippen MR) is 93.0 cm³/mol. The number of nitro groups is 1. The maximum atomic E-state index is 12.3. The van der Waals surface area contributed by atoms with Crippen molar-refractivity contribution in [3.63, 3.8) is 0 Å². The van der Waals surface area contributed by atoms with Crippen LogP contribution in [0, 0.1) is 15.5 Å². The van der Waals surface area contributed by atoms with Crippen LogP contribution in [0.2, 0.25) is 0 Å². The smallest absolute Gasteiger partial charge is 0.271 e. The number of non-ortho nitro benzene ring substituents is 1. The number of thiazole rings is 1. The number of nitrogens with zero attached hydrogens (tertiary/aromatic N) is 3. The monoisotopic (exact) mass is 351 g/mol. The second-order valence-corrected chi connectivity index (χ2v) is 7.32. The number of carbonyl (C=O) groups is 1. The Morgan fingerprint density at radius 1 is 1.42 bits per heavy atom. The van der Waals surface area contributed by atoms with E-state index < -0.39 is 10.3 Å². The summed E-state index contributed by atoms with van der Waals surface area (Å²) in [6.45, 7) is 8.82. The molecule has 24 heavy (non-hydrogen) atoms. The van der Waals surface area contributed by atoms with Gasteiger partial charge in [0.25, 0.3) is 11.6 Å². The Bertz CT molecular complexity index is 830. The Morgan fingerprint density at radius 3 is 2.71 bits per heavy atom. The van der Waals surface area contributed by atoms with E-state index >= 15 is 0 Å². The van der Waals surface area contributed by atoms with Crippen molar-refractivity contribution in [3.05, 3.63) is 33.1 Å². The Hall–Kier alpha value is -2.06. The molecule has 0 saturated heterocycles. The van der Waals surface area contributed by atoms with E-state index in [-0.39, 0.29) is 11.6 Å². The third-order valence-corrected chi connectivity index (χ3v) is 4.44. The normalized spacial score (nSPS) is 12.8. The van der Waals surface area contributed by atoms with Crippen LogP contribution in [0.1, 0.15) is 27.7 Å². The van der Waals surface area contributed by atoms with E-state index in [1.807, 2.05) is 32.3 Å². The molecule has 0 fully saturated rings. The molecule has 1 aromatic carbocycles. The zero-order valence-corrected chi connectivity index (χ0v) is 15.1. The second kappa shape index (κ2) is 7.23. The van der Waals surface area contributed by atoms with Crippen LogP contribution in [0.25, 0.3) is 10.2 Å². The van der Waals surface area contributed by atoms with Gasteiger partial charge in [-0.25, -0.2) is 0 Å². The first-order chi connectivity index (χ1) is 11.2. The number of amides is 1. The number of aromatic nitrogens is 1. The first-order valence-corrected chi connectivity index (χ1v) is 8.50. The largest absolute Gasteiger partial charge is 0.380 e. The highest BCUT2D eigenvalue weighted by molar-refractivity contribution is 7.16. The summed E-state index contributed by atoms with van der Waals surface area (Å²) in [5, 5.41) is 11.0. The Kier molecular flexibility index (Phi) is 5.51. The molecule has 0 saturated carbocycles. The van der Waals surface area contributed by atoms with E-state index in [2.05, 4.69) is 4.99 Å². The summed E-state index contributed by atoms with van der Waals surface area (Å²) >= 11 is 1.34. The minimum Gasteiger partial charge on any atom is -0.380 e. The lowest BCUT2D eigenvalue weighted by Gasteiger charge is -2.12. The minimum absolute atomic E-state index is 0.0131. The third kappa shape index (κ3) is 4.07. The summed E-state index contributed by atoms with van der Waals surface area (Å²) in [7, 11) is 0. The van der Waals surface area contributed by atoms with Gasteiger partial charge in [0.15, 0.2) is 4.80 Å². The average Bonchev–Trinajstić information content (AvgIpc) is 2.83. The third-order valence-electron chi connectivity index (χ3n) is 3.38. The molecule has 0 aliphatic carbocycles. The minimum atomic E-state index is -0.583. The highest BCUT2D eigenvalue weighted by Gasteiger charge is 2.21. The molecule has 2 rings (SSSR count). The van der Waals surface area contributed by atoms with E-state index in [4.69, 9.17) is 4.74 Å². The van der Waals surface area contributed by atoms with Crippen molar-refractivity contribution in [1.29, 1.82) is 0 Å². The summed E-state index contributed by atoms with van der Waals surface area (Å²) in [6.07, 6.45) is 0. The van der Waals surface area contributed by atoms with E-state index in [1.54, 1.807) is 6.07 Å². The number of fused-ring (bicyclic) bond motifs is 1. The van der Waals surface area contributed by atoms with Gasteiger partial charge < -0.3 is 9.30 Å².